The lowest BCUT2D eigenvalue weighted by atomic mass is 10.3. The molecule has 0 unspecified atom stereocenters. The van der Waals surface area contributed by atoms with Gasteiger partial charge in [0.05, 0.1) is 29.1 Å². The van der Waals surface area contributed by atoms with E-state index in [1.807, 2.05) is 0 Å². The molecular formula is C16H16N4O4S. The molecule has 0 saturated heterocycles. The van der Waals surface area contributed by atoms with Crippen LogP contribution in [-0.4, -0.2) is 40.1 Å². The van der Waals surface area contributed by atoms with E-state index < -0.39 is 12.0 Å². The minimum Gasteiger partial charge on any atom is -0.506 e. The summed E-state index contributed by atoms with van der Waals surface area (Å²) in [6.07, 6.45) is 2.93. The van der Waals surface area contributed by atoms with Gasteiger partial charge in [-0.3, -0.25) is 14.1 Å². The molecule has 2 amide bonds. The largest absolute Gasteiger partial charge is 0.506 e. The maximum Gasteiger partial charge on any atom is 0.413 e. The minimum atomic E-state index is -0.680. The molecule has 0 aromatic carbocycles. The van der Waals surface area contributed by atoms with Crippen LogP contribution in [0.5, 0.6) is 5.75 Å². The summed E-state index contributed by atoms with van der Waals surface area (Å²) in [6.45, 7) is 2.04. The predicted molar refractivity (Wildman–Crippen MR) is 94.1 cm³/mol. The van der Waals surface area contributed by atoms with E-state index in [-0.39, 0.29) is 10.6 Å². The van der Waals surface area contributed by atoms with Crippen LogP contribution in [0.2, 0.25) is 0 Å². The first-order valence-electron chi connectivity index (χ1n) is 7.43. The fraction of sp³-hybridized carbons (Fsp3) is 0.188. The maximum absolute atomic E-state index is 11.8. The molecule has 0 aliphatic rings. The number of thiophene rings is 1. The number of nitrogens with two attached hydrogens (primary N) is 1. The van der Waals surface area contributed by atoms with Gasteiger partial charge in [-0.05, 0) is 13.0 Å². The van der Waals surface area contributed by atoms with Gasteiger partial charge in [0, 0.05) is 25.4 Å². The van der Waals surface area contributed by atoms with E-state index in [9.17, 15) is 14.7 Å². The molecule has 130 valence electrons. The summed E-state index contributed by atoms with van der Waals surface area (Å²) in [5.41, 5.74) is 7.18. The molecule has 3 rings (SSSR count). The summed E-state index contributed by atoms with van der Waals surface area (Å²) in [7, 11) is 1.62. The van der Waals surface area contributed by atoms with E-state index in [4.69, 9.17) is 10.5 Å². The van der Waals surface area contributed by atoms with Crippen molar-refractivity contribution in [2.45, 2.75) is 6.92 Å². The Balaban J connectivity index is 1.99. The van der Waals surface area contributed by atoms with E-state index in [1.165, 1.54) is 11.0 Å². The molecule has 0 aliphatic heterocycles. The highest BCUT2D eigenvalue weighted by Crippen LogP contribution is 2.35. The second-order valence-electron chi connectivity index (χ2n) is 5.20. The van der Waals surface area contributed by atoms with Gasteiger partial charge in [0.25, 0.3) is 5.91 Å². The zero-order valence-corrected chi connectivity index (χ0v) is 14.4. The van der Waals surface area contributed by atoms with Gasteiger partial charge in [-0.1, -0.05) is 0 Å². The number of hydrogen-bond acceptors (Lipinski definition) is 6. The number of hydrogen-bond donors (Lipinski definition) is 2. The van der Waals surface area contributed by atoms with Crippen LogP contribution in [0.15, 0.2) is 30.6 Å². The molecule has 3 aromatic heterocycles. The van der Waals surface area contributed by atoms with Gasteiger partial charge in [-0.2, -0.15) is 0 Å². The second kappa shape index (κ2) is 6.44. The molecule has 0 saturated carbocycles. The number of fused-ring (bicyclic) bond motifs is 1. The molecule has 25 heavy (non-hydrogen) atoms. The smallest absolute Gasteiger partial charge is 0.413 e. The van der Waals surface area contributed by atoms with Crippen molar-refractivity contribution in [3.05, 3.63) is 35.5 Å². The zero-order chi connectivity index (χ0) is 18.1. The van der Waals surface area contributed by atoms with Gasteiger partial charge < -0.3 is 15.6 Å². The van der Waals surface area contributed by atoms with Crippen LogP contribution in [-0.2, 0) is 4.74 Å². The number of rotatable bonds is 4. The van der Waals surface area contributed by atoms with Crippen LogP contribution in [0.4, 0.5) is 10.5 Å². The van der Waals surface area contributed by atoms with Crippen LogP contribution < -0.4 is 10.6 Å². The van der Waals surface area contributed by atoms with Crippen molar-refractivity contribution in [1.29, 1.82) is 0 Å². The number of pyridine rings is 1. The van der Waals surface area contributed by atoms with Crippen LogP contribution in [0.3, 0.4) is 0 Å². The Kier molecular flexibility index (Phi) is 4.32. The average molecular weight is 360 g/mol. The van der Waals surface area contributed by atoms with Crippen molar-refractivity contribution in [2.24, 2.45) is 5.73 Å². The van der Waals surface area contributed by atoms with Crippen molar-refractivity contribution in [3.8, 4) is 16.3 Å². The van der Waals surface area contributed by atoms with Crippen molar-refractivity contribution in [1.82, 2.24) is 9.38 Å². The standard InChI is InChI=1S/C16H16N4O4S/c1-3-24-16(23)19(2)9-4-5-20-10(8-18-13(20)6-9)12-7-11(21)14(25-12)15(17)22/h4-8,21H,3H2,1-2H3,(H2,17,22). The number of nitrogens with zero attached hydrogens (tertiary/aromatic N) is 3. The number of imidazole rings is 1. The number of aromatic nitrogens is 2. The average Bonchev–Trinajstić information content (AvgIpc) is 3.16. The third kappa shape index (κ3) is 3.01. The molecule has 3 N–H and O–H groups in total. The Morgan fingerprint density at radius 2 is 2.20 bits per heavy atom. The first kappa shape index (κ1) is 16.8. The number of carbonyl (C=O) groups excluding carboxylic acids is 2. The Morgan fingerprint density at radius 3 is 2.84 bits per heavy atom. The minimum absolute atomic E-state index is 0.101. The molecular weight excluding hydrogens is 344 g/mol. The first-order chi connectivity index (χ1) is 11.9. The summed E-state index contributed by atoms with van der Waals surface area (Å²) in [5.74, 6) is -0.831. The first-order valence-corrected chi connectivity index (χ1v) is 8.24. The molecule has 9 heteroatoms. The van der Waals surface area contributed by atoms with Crippen LogP contribution in [0.1, 0.15) is 16.6 Å². The van der Waals surface area contributed by atoms with Crippen molar-refractivity contribution >= 4 is 34.7 Å². The van der Waals surface area contributed by atoms with Crippen molar-refractivity contribution in [2.75, 3.05) is 18.6 Å². The summed E-state index contributed by atoms with van der Waals surface area (Å²) in [4.78, 5) is 29.6. The fourth-order valence-corrected chi connectivity index (χ4v) is 3.28. The Morgan fingerprint density at radius 1 is 1.44 bits per heavy atom. The molecule has 0 fully saturated rings. The van der Waals surface area contributed by atoms with Gasteiger partial charge in [-0.25, -0.2) is 9.78 Å². The maximum atomic E-state index is 11.8. The highest BCUT2D eigenvalue weighted by molar-refractivity contribution is 7.17. The Hall–Kier alpha value is -3.07. The molecule has 0 radical (unpaired) electrons. The van der Waals surface area contributed by atoms with E-state index in [1.54, 1.807) is 42.9 Å². The third-order valence-electron chi connectivity index (χ3n) is 3.61. The van der Waals surface area contributed by atoms with E-state index in [0.717, 1.165) is 11.3 Å². The summed E-state index contributed by atoms with van der Waals surface area (Å²) in [6, 6.07) is 4.97. The van der Waals surface area contributed by atoms with Crippen LogP contribution in [0, 0.1) is 0 Å². The molecule has 8 nitrogen and oxygen atoms in total. The highest BCUT2D eigenvalue weighted by atomic mass is 32.1. The van der Waals surface area contributed by atoms with Crippen LogP contribution in [0.25, 0.3) is 16.2 Å². The SMILES string of the molecule is CCOC(=O)N(C)c1ccn2c(-c3cc(O)c(C(N)=O)s3)cnc2c1. The lowest BCUT2D eigenvalue weighted by Crippen LogP contribution is -2.27. The van der Waals surface area contributed by atoms with Crippen LogP contribution >= 0.6 is 11.3 Å². The number of aromatic hydroxyl groups is 1. The number of ether oxygens (including phenoxy) is 1. The highest BCUT2D eigenvalue weighted by Gasteiger charge is 2.18. The summed E-state index contributed by atoms with van der Waals surface area (Å²) in [5, 5.41) is 9.82. The normalized spacial score (nSPS) is 10.8. The van der Waals surface area contributed by atoms with E-state index in [2.05, 4.69) is 4.98 Å². The molecule has 3 aromatic rings. The number of primary amides is 1. The van der Waals surface area contributed by atoms with Crippen molar-refractivity contribution in [3.63, 3.8) is 0 Å². The van der Waals surface area contributed by atoms with Gasteiger partial charge in [0.15, 0.2) is 0 Å². The third-order valence-corrected chi connectivity index (χ3v) is 4.78. The van der Waals surface area contributed by atoms with Crippen molar-refractivity contribution < 1.29 is 19.4 Å². The lowest BCUT2D eigenvalue weighted by Gasteiger charge is -2.16. The monoisotopic (exact) mass is 360 g/mol. The number of amides is 2. The predicted octanol–water partition coefficient (Wildman–Crippen LogP) is 2.46. The van der Waals surface area contributed by atoms with Gasteiger partial charge in [0.1, 0.15) is 16.3 Å². The number of carbonyl (C=O) groups is 2. The second-order valence-corrected chi connectivity index (χ2v) is 6.26. The summed E-state index contributed by atoms with van der Waals surface area (Å²) >= 11 is 1.09. The quantitative estimate of drug-likeness (QED) is 0.742. The fourth-order valence-electron chi connectivity index (χ4n) is 2.37. The van der Waals surface area contributed by atoms with E-state index in [0.29, 0.717) is 28.5 Å². The van der Waals surface area contributed by atoms with Gasteiger partial charge in [-0.15, -0.1) is 11.3 Å². The zero-order valence-electron chi connectivity index (χ0n) is 13.6. The molecule has 0 spiro atoms. The Labute approximate surface area is 147 Å². The lowest BCUT2D eigenvalue weighted by molar-refractivity contribution is 0.100. The van der Waals surface area contributed by atoms with Gasteiger partial charge >= 0.3 is 6.09 Å². The topological polar surface area (TPSA) is 110 Å². The molecule has 0 aliphatic carbocycles. The summed E-state index contributed by atoms with van der Waals surface area (Å²) < 4.78 is 6.76. The molecule has 0 bridgehead atoms. The number of anilines is 1. The van der Waals surface area contributed by atoms with E-state index >= 15 is 0 Å². The van der Waals surface area contributed by atoms with Gasteiger partial charge in [0.2, 0.25) is 0 Å². The molecule has 3 heterocycles. The molecule has 0 atom stereocenters. The Bertz CT molecular complexity index is 962.